The summed E-state index contributed by atoms with van der Waals surface area (Å²) in [6.07, 6.45) is 66.9. The Kier molecular flexibility index (Phi) is 73.5. The highest BCUT2D eigenvalue weighted by Gasteiger charge is 2.30. The molecule has 0 aliphatic carbocycles. The normalized spacial score (nSPS) is 13.8. The summed E-state index contributed by atoms with van der Waals surface area (Å²) < 4.78 is 68.7. The van der Waals surface area contributed by atoms with Crippen molar-refractivity contribution in [1.82, 2.24) is 0 Å². The molecule has 0 saturated carbocycles. The second-order valence-electron chi connectivity index (χ2n) is 30.0. The Morgan fingerprint density at radius 1 is 0.267 bits per heavy atom. The Morgan fingerprint density at radius 3 is 0.673 bits per heavy atom. The van der Waals surface area contributed by atoms with Crippen LogP contribution < -0.4 is 0 Å². The molecular weight excluding hydrogens is 1320 g/mol. The van der Waals surface area contributed by atoms with E-state index in [0.29, 0.717) is 31.6 Å². The molecule has 17 nitrogen and oxygen atoms in total. The highest BCUT2D eigenvalue weighted by molar-refractivity contribution is 7.47. The molecule has 3 N–H and O–H groups in total. The zero-order chi connectivity index (χ0) is 74.1. The zero-order valence-electron chi connectivity index (χ0n) is 66.1. The van der Waals surface area contributed by atoms with Gasteiger partial charge in [0.05, 0.1) is 26.4 Å². The van der Waals surface area contributed by atoms with Crippen molar-refractivity contribution >= 4 is 39.5 Å². The van der Waals surface area contributed by atoms with Crippen molar-refractivity contribution < 1.29 is 80.2 Å². The Bertz CT molecular complexity index is 1930. The lowest BCUT2D eigenvalue weighted by molar-refractivity contribution is -0.161. The fraction of sp³-hybridized carbons (Fsp3) is 0.951. The second-order valence-corrected chi connectivity index (χ2v) is 32.9. The van der Waals surface area contributed by atoms with Gasteiger partial charge in [-0.2, -0.15) is 0 Å². The molecular formula is C82H160O17P2. The first kappa shape index (κ1) is 99.1. The first-order chi connectivity index (χ1) is 49.0. The zero-order valence-corrected chi connectivity index (χ0v) is 67.8. The maximum atomic E-state index is 13.1. The van der Waals surface area contributed by atoms with E-state index in [9.17, 15) is 43.2 Å². The van der Waals surface area contributed by atoms with E-state index in [4.69, 9.17) is 37.0 Å². The number of aliphatic hydroxyl groups excluding tert-OH is 1. The van der Waals surface area contributed by atoms with Crippen LogP contribution >= 0.6 is 15.6 Å². The van der Waals surface area contributed by atoms with Crippen molar-refractivity contribution in [2.45, 2.75) is 457 Å². The van der Waals surface area contributed by atoms with Gasteiger partial charge in [0, 0.05) is 25.7 Å². The number of ether oxygens (including phenoxy) is 4. The molecule has 2 unspecified atom stereocenters. The minimum atomic E-state index is -4.96. The summed E-state index contributed by atoms with van der Waals surface area (Å²) in [6, 6.07) is 0. The molecule has 0 fully saturated rings. The average Bonchev–Trinajstić information content (AvgIpc) is 1.54. The van der Waals surface area contributed by atoms with Crippen LogP contribution in [0.25, 0.3) is 0 Å². The van der Waals surface area contributed by atoms with Gasteiger partial charge in [0.25, 0.3) is 0 Å². The van der Waals surface area contributed by atoms with Crippen molar-refractivity contribution in [3.63, 3.8) is 0 Å². The van der Waals surface area contributed by atoms with E-state index >= 15 is 0 Å². The van der Waals surface area contributed by atoms with Crippen molar-refractivity contribution in [1.29, 1.82) is 0 Å². The standard InChI is InChI=1S/C82H160O17P2/c1-6-9-12-15-18-21-24-27-29-31-33-34-35-36-38-40-42-45-48-51-58-63-68-82(87)98-77(71-92-79(84)65-60-55-49-46-44-41-39-37-32-30-28-25-22-19-16-13-10-7-2)73-96-100(88,89)94-69-76(83)70-95-101(90,91)97-74-78(72-93-80(85)66-61-56-53-52-54-59-64-75(4)5)99-81(86)67-62-57-50-47-43-26-23-20-17-14-11-8-3/h75-78,83H,6-74H2,1-5H3,(H,88,89)(H,90,91)/t76-,77-,78-/m1/s1. The Balaban J connectivity index is 5.18. The summed E-state index contributed by atoms with van der Waals surface area (Å²) in [5.74, 6) is -1.43. The van der Waals surface area contributed by atoms with Crippen LogP contribution in [0.4, 0.5) is 0 Å². The number of carbonyl (C=O) groups excluding carboxylic acids is 4. The lowest BCUT2D eigenvalue weighted by Gasteiger charge is -2.21. The first-order valence-electron chi connectivity index (χ1n) is 42.6. The van der Waals surface area contributed by atoms with Gasteiger partial charge in [-0.1, -0.05) is 388 Å². The summed E-state index contributed by atoms with van der Waals surface area (Å²) in [7, 11) is -9.92. The number of hydrogen-bond acceptors (Lipinski definition) is 15. The van der Waals surface area contributed by atoms with Crippen LogP contribution in [0.15, 0.2) is 0 Å². The number of carbonyl (C=O) groups is 4. The summed E-state index contributed by atoms with van der Waals surface area (Å²) in [5, 5.41) is 10.6. The van der Waals surface area contributed by atoms with Crippen LogP contribution in [0.5, 0.6) is 0 Å². The quantitative estimate of drug-likeness (QED) is 0.0222. The van der Waals surface area contributed by atoms with Crippen LogP contribution in [-0.2, 0) is 65.4 Å². The molecule has 0 aromatic carbocycles. The van der Waals surface area contributed by atoms with Gasteiger partial charge in [0.2, 0.25) is 0 Å². The van der Waals surface area contributed by atoms with Crippen LogP contribution in [0.3, 0.4) is 0 Å². The molecule has 0 saturated heterocycles. The van der Waals surface area contributed by atoms with Gasteiger partial charge in [-0.3, -0.25) is 37.3 Å². The SMILES string of the molecule is CCCCCCCCCCCCCCCCCCCCCCCCC(=O)O[C@H](COC(=O)CCCCCCCCCCCCCCCCCCCC)COP(=O)(O)OC[C@@H](O)COP(=O)(O)OC[C@@H](COC(=O)CCCCCCCCC(C)C)OC(=O)CCCCCCCCCCCCCC. The molecule has 0 heterocycles. The number of esters is 4. The predicted octanol–water partition coefficient (Wildman–Crippen LogP) is 24.8. The summed E-state index contributed by atoms with van der Waals surface area (Å²) in [6.45, 7) is 7.24. The van der Waals surface area contributed by atoms with Crippen molar-refractivity contribution in [3.05, 3.63) is 0 Å². The Hall–Kier alpha value is -1.94. The number of phosphoric ester groups is 2. The number of rotatable bonds is 82. The molecule has 0 aliphatic heterocycles. The van der Waals surface area contributed by atoms with Crippen molar-refractivity contribution in [3.8, 4) is 0 Å². The maximum Gasteiger partial charge on any atom is 0.472 e. The topological polar surface area (TPSA) is 237 Å². The first-order valence-corrected chi connectivity index (χ1v) is 45.6. The van der Waals surface area contributed by atoms with Crippen LogP contribution in [0, 0.1) is 5.92 Å². The Labute approximate surface area is 619 Å². The third kappa shape index (κ3) is 76.1. The van der Waals surface area contributed by atoms with Gasteiger partial charge >= 0.3 is 39.5 Å². The van der Waals surface area contributed by atoms with E-state index < -0.39 is 97.5 Å². The van der Waals surface area contributed by atoms with E-state index in [1.807, 2.05) is 0 Å². The lowest BCUT2D eigenvalue weighted by Crippen LogP contribution is -2.30. The van der Waals surface area contributed by atoms with E-state index in [0.717, 1.165) is 96.3 Å². The Morgan fingerprint density at radius 2 is 0.455 bits per heavy atom. The molecule has 0 aromatic rings. The monoisotopic (exact) mass is 1480 g/mol. The number of aliphatic hydroxyl groups is 1. The van der Waals surface area contributed by atoms with Gasteiger partial charge in [-0.25, -0.2) is 9.13 Å². The minimum absolute atomic E-state index is 0.107. The van der Waals surface area contributed by atoms with Gasteiger partial charge in [-0.15, -0.1) is 0 Å². The number of hydrogen-bond donors (Lipinski definition) is 3. The second kappa shape index (κ2) is 74.9. The van der Waals surface area contributed by atoms with E-state index in [-0.39, 0.29) is 25.7 Å². The van der Waals surface area contributed by atoms with Crippen LogP contribution in [-0.4, -0.2) is 96.7 Å². The van der Waals surface area contributed by atoms with Crippen LogP contribution in [0.1, 0.15) is 439 Å². The molecule has 19 heteroatoms. The van der Waals surface area contributed by atoms with E-state index in [2.05, 4.69) is 34.6 Å². The smallest absolute Gasteiger partial charge is 0.462 e. The third-order valence-corrected chi connectivity index (χ3v) is 21.2. The largest absolute Gasteiger partial charge is 0.472 e. The summed E-state index contributed by atoms with van der Waals surface area (Å²) >= 11 is 0. The van der Waals surface area contributed by atoms with Crippen LogP contribution in [0.2, 0.25) is 0 Å². The van der Waals surface area contributed by atoms with Gasteiger partial charge in [0.15, 0.2) is 12.2 Å². The van der Waals surface area contributed by atoms with Gasteiger partial charge in [-0.05, 0) is 31.6 Å². The van der Waals surface area contributed by atoms with E-state index in [1.54, 1.807) is 0 Å². The lowest BCUT2D eigenvalue weighted by atomic mass is 10.0. The van der Waals surface area contributed by atoms with Gasteiger partial charge < -0.3 is 33.8 Å². The fourth-order valence-corrected chi connectivity index (χ4v) is 14.3. The number of unbranched alkanes of at least 4 members (excludes halogenated alkanes) is 54. The molecule has 0 amide bonds. The molecule has 0 bridgehead atoms. The molecule has 600 valence electrons. The highest BCUT2D eigenvalue weighted by Crippen LogP contribution is 2.45. The third-order valence-electron chi connectivity index (χ3n) is 19.3. The van der Waals surface area contributed by atoms with E-state index in [1.165, 1.54) is 257 Å². The molecule has 0 spiro atoms. The maximum absolute atomic E-state index is 13.1. The summed E-state index contributed by atoms with van der Waals surface area (Å²) in [5.41, 5.74) is 0. The molecule has 0 radical (unpaired) electrons. The molecule has 0 aliphatic rings. The average molecular weight is 1480 g/mol. The fourth-order valence-electron chi connectivity index (χ4n) is 12.8. The van der Waals surface area contributed by atoms with Gasteiger partial charge in [0.1, 0.15) is 19.3 Å². The molecule has 0 rings (SSSR count). The molecule has 0 aromatic heterocycles. The highest BCUT2D eigenvalue weighted by atomic mass is 31.2. The molecule has 5 atom stereocenters. The van der Waals surface area contributed by atoms with Crippen molar-refractivity contribution in [2.24, 2.45) is 5.92 Å². The molecule has 101 heavy (non-hydrogen) atoms. The summed E-state index contributed by atoms with van der Waals surface area (Å²) in [4.78, 5) is 73.0. The minimum Gasteiger partial charge on any atom is -0.462 e. The predicted molar refractivity (Wildman–Crippen MR) is 414 cm³/mol. The number of phosphoric acid groups is 2. The van der Waals surface area contributed by atoms with Crippen molar-refractivity contribution in [2.75, 3.05) is 39.6 Å².